The highest BCUT2D eigenvalue weighted by atomic mass is 32.1. The average molecular weight is 280 g/mol. The second kappa shape index (κ2) is 4.67. The van der Waals surface area contributed by atoms with Gasteiger partial charge < -0.3 is 16.4 Å². The molecule has 1 heterocycles. The zero-order chi connectivity index (χ0) is 13.5. The Labute approximate surface area is 117 Å². The van der Waals surface area contributed by atoms with Crippen molar-refractivity contribution in [1.29, 1.82) is 0 Å². The normalized spacial score (nSPS) is 20.7. The number of carbonyl (C=O) groups excluding carboxylic acids is 1. The summed E-state index contributed by atoms with van der Waals surface area (Å²) in [4.78, 5) is 16.9. The third-order valence-corrected chi connectivity index (χ3v) is 5.00. The van der Waals surface area contributed by atoms with E-state index >= 15 is 0 Å². The van der Waals surface area contributed by atoms with Gasteiger partial charge in [0.1, 0.15) is 10.7 Å². The predicted molar refractivity (Wildman–Crippen MR) is 77.5 cm³/mol. The molecule has 0 unspecified atom stereocenters. The second-order valence-electron chi connectivity index (χ2n) is 6.00. The molecule has 0 atom stereocenters. The number of anilines is 2. The fraction of sp³-hybridized carbons (Fsp3) is 0.692. The van der Waals surface area contributed by atoms with Crippen molar-refractivity contribution in [3.63, 3.8) is 0 Å². The Morgan fingerprint density at radius 1 is 1.53 bits per heavy atom. The fourth-order valence-electron chi connectivity index (χ4n) is 2.29. The van der Waals surface area contributed by atoms with E-state index in [2.05, 4.69) is 22.5 Å². The molecule has 0 spiro atoms. The van der Waals surface area contributed by atoms with Crippen LogP contribution in [0, 0.1) is 5.41 Å². The third kappa shape index (κ3) is 2.83. The molecule has 5 nitrogen and oxygen atoms in total. The van der Waals surface area contributed by atoms with Crippen LogP contribution in [0.4, 0.5) is 10.9 Å². The van der Waals surface area contributed by atoms with Gasteiger partial charge in [0.2, 0.25) is 0 Å². The molecule has 104 valence electrons. The SMILES string of the molecule is CC1(CNC(=O)c2sc(NC3CC3)nc2N)CCC1. The molecule has 0 bridgehead atoms. The van der Waals surface area contributed by atoms with Gasteiger partial charge in [0, 0.05) is 12.6 Å². The summed E-state index contributed by atoms with van der Waals surface area (Å²) in [6.07, 6.45) is 6.02. The van der Waals surface area contributed by atoms with E-state index in [9.17, 15) is 4.79 Å². The minimum Gasteiger partial charge on any atom is -0.382 e. The molecule has 1 aromatic rings. The Morgan fingerprint density at radius 3 is 2.84 bits per heavy atom. The molecule has 6 heteroatoms. The average Bonchev–Trinajstić information content (AvgIpc) is 3.06. The number of aromatic nitrogens is 1. The van der Waals surface area contributed by atoms with E-state index in [-0.39, 0.29) is 11.3 Å². The van der Waals surface area contributed by atoms with Gasteiger partial charge in [-0.15, -0.1) is 0 Å². The highest BCUT2D eigenvalue weighted by Crippen LogP contribution is 2.39. The number of nitrogens with one attached hydrogen (secondary N) is 2. The molecule has 1 aromatic heterocycles. The van der Waals surface area contributed by atoms with Gasteiger partial charge in [-0.2, -0.15) is 0 Å². The number of nitrogens with zero attached hydrogens (tertiary/aromatic N) is 1. The second-order valence-corrected chi connectivity index (χ2v) is 7.00. The molecule has 0 aromatic carbocycles. The van der Waals surface area contributed by atoms with Crippen molar-refractivity contribution in [2.75, 3.05) is 17.6 Å². The number of nitrogen functional groups attached to an aromatic ring is 1. The van der Waals surface area contributed by atoms with Crippen LogP contribution >= 0.6 is 11.3 Å². The van der Waals surface area contributed by atoms with Gasteiger partial charge in [-0.1, -0.05) is 24.7 Å². The Balaban J connectivity index is 1.60. The number of thiazole rings is 1. The van der Waals surface area contributed by atoms with Gasteiger partial charge in [0.05, 0.1) is 0 Å². The van der Waals surface area contributed by atoms with Crippen LogP contribution in [0.5, 0.6) is 0 Å². The van der Waals surface area contributed by atoms with Gasteiger partial charge >= 0.3 is 0 Å². The molecule has 2 aliphatic carbocycles. The lowest BCUT2D eigenvalue weighted by Gasteiger charge is -2.38. The van der Waals surface area contributed by atoms with Crippen LogP contribution in [-0.2, 0) is 0 Å². The number of nitrogens with two attached hydrogens (primary N) is 1. The summed E-state index contributed by atoms with van der Waals surface area (Å²) in [6, 6.07) is 0.523. The lowest BCUT2D eigenvalue weighted by molar-refractivity contribution is 0.0895. The first kappa shape index (κ1) is 12.7. The van der Waals surface area contributed by atoms with Gasteiger partial charge in [-0.3, -0.25) is 4.79 Å². The summed E-state index contributed by atoms with van der Waals surface area (Å²) >= 11 is 1.35. The van der Waals surface area contributed by atoms with E-state index < -0.39 is 0 Å². The molecule has 4 N–H and O–H groups in total. The number of carbonyl (C=O) groups is 1. The molecular weight excluding hydrogens is 260 g/mol. The minimum absolute atomic E-state index is 0.0908. The van der Waals surface area contributed by atoms with Crippen LogP contribution in [0.25, 0.3) is 0 Å². The number of hydrogen-bond acceptors (Lipinski definition) is 5. The van der Waals surface area contributed by atoms with Gasteiger partial charge in [-0.05, 0) is 31.1 Å². The van der Waals surface area contributed by atoms with Crippen molar-refractivity contribution < 1.29 is 4.79 Å². The van der Waals surface area contributed by atoms with Crippen molar-refractivity contribution in [1.82, 2.24) is 10.3 Å². The van der Waals surface area contributed by atoms with E-state index in [0.29, 0.717) is 16.7 Å². The van der Waals surface area contributed by atoms with Crippen LogP contribution in [-0.4, -0.2) is 23.5 Å². The van der Waals surface area contributed by atoms with Crippen molar-refractivity contribution >= 4 is 28.2 Å². The topological polar surface area (TPSA) is 80.0 Å². The Morgan fingerprint density at radius 2 is 2.26 bits per heavy atom. The summed E-state index contributed by atoms with van der Waals surface area (Å²) in [5, 5.41) is 7.03. The van der Waals surface area contributed by atoms with Crippen molar-refractivity contribution in [3.8, 4) is 0 Å². The maximum absolute atomic E-state index is 12.1. The Bertz CT molecular complexity index is 491. The van der Waals surface area contributed by atoms with Crippen molar-refractivity contribution in [2.24, 2.45) is 5.41 Å². The van der Waals surface area contributed by atoms with Gasteiger partial charge in [-0.25, -0.2) is 4.98 Å². The number of rotatable bonds is 5. The van der Waals surface area contributed by atoms with Crippen molar-refractivity contribution in [3.05, 3.63) is 4.88 Å². The summed E-state index contributed by atoms with van der Waals surface area (Å²) in [7, 11) is 0. The first-order chi connectivity index (χ1) is 9.06. The van der Waals surface area contributed by atoms with E-state index in [4.69, 9.17) is 5.73 Å². The monoisotopic (exact) mass is 280 g/mol. The van der Waals surface area contributed by atoms with Crippen LogP contribution in [0.15, 0.2) is 0 Å². The quantitative estimate of drug-likeness (QED) is 0.772. The molecule has 0 saturated heterocycles. The number of amides is 1. The van der Waals surface area contributed by atoms with Crippen LogP contribution in [0.3, 0.4) is 0 Å². The smallest absolute Gasteiger partial charge is 0.265 e. The van der Waals surface area contributed by atoms with E-state index in [1.165, 1.54) is 43.4 Å². The molecule has 1 amide bonds. The summed E-state index contributed by atoms with van der Waals surface area (Å²) in [5.41, 5.74) is 6.10. The van der Waals surface area contributed by atoms with E-state index in [0.717, 1.165) is 11.7 Å². The largest absolute Gasteiger partial charge is 0.382 e. The van der Waals surface area contributed by atoms with Gasteiger partial charge in [0.15, 0.2) is 5.13 Å². The maximum atomic E-state index is 12.1. The molecule has 0 radical (unpaired) electrons. The predicted octanol–water partition coefficient (Wildman–Crippen LogP) is 2.22. The van der Waals surface area contributed by atoms with Crippen LogP contribution < -0.4 is 16.4 Å². The summed E-state index contributed by atoms with van der Waals surface area (Å²) in [5.74, 6) is 0.247. The lowest BCUT2D eigenvalue weighted by Crippen LogP contribution is -2.39. The highest BCUT2D eigenvalue weighted by Gasteiger charge is 2.32. The van der Waals surface area contributed by atoms with Crippen molar-refractivity contribution in [2.45, 2.75) is 45.1 Å². The molecule has 2 fully saturated rings. The number of hydrogen-bond donors (Lipinski definition) is 3. The Kier molecular flexibility index (Phi) is 3.12. The highest BCUT2D eigenvalue weighted by molar-refractivity contribution is 7.18. The molecule has 2 aliphatic rings. The van der Waals surface area contributed by atoms with Crippen LogP contribution in [0.1, 0.15) is 48.7 Å². The molecule has 3 rings (SSSR count). The lowest BCUT2D eigenvalue weighted by atomic mass is 9.70. The minimum atomic E-state index is -0.0908. The fourth-order valence-corrected chi connectivity index (χ4v) is 3.17. The van der Waals surface area contributed by atoms with E-state index in [1.807, 2.05) is 0 Å². The van der Waals surface area contributed by atoms with Gasteiger partial charge in [0.25, 0.3) is 5.91 Å². The first-order valence-electron chi connectivity index (χ1n) is 6.87. The standard InChI is InChI=1S/C13H20N4OS/c1-13(5-2-6-13)7-15-11(18)9-10(14)17-12(19-9)16-8-3-4-8/h8H,2-7,14H2,1H3,(H,15,18)(H,16,17). The molecule has 2 saturated carbocycles. The zero-order valence-corrected chi connectivity index (χ0v) is 12.0. The maximum Gasteiger partial charge on any atom is 0.265 e. The van der Waals surface area contributed by atoms with E-state index in [1.54, 1.807) is 0 Å². The summed E-state index contributed by atoms with van der Waals surface area (Å²) < 4.78 is 0. The molecular formula is C13H20N4OS. The zero-order valence-electron chi connectivity index (χ0n) is 11.2. The molecule has 19 heavy (non-hydrogen) atoms. The Hall–Kier alpha value is -1.30. The molecule has 0 aliphatic heterocycles. The first-order valence-corrected chi connectivity index (χ1v) is 7.68. The van der Waals surface area contributed by atoms with Crippen LogP contribution in [0.2, 0.25) is 0 Å². The summed E-state index contributed by atoms with van der Waals surface area (Å²) in [6.45, 7) is 2.95. The third-order valence-electron chi connectivity index (χ3n) is 4.00.